The van der Waals surface area contributed by atoms with Crippen molar-refractivity contribution in [2.75, 3.05) is 14.2 Å². The van der Waals surface area contributed by atoms with Crippen LogP contribution in [0.3, 0.4) is 0 Å². The van der Waals surface area contributed by atoms with Gasteiger partial charge in [0.05, 0.1) is 25.5 Å². The highest BCUT2D eigenvalue weighted by atomic mass is 16.5. The molecule has 2 aromatic rings. The fourth-order valence-corrected chi connectivity index (χ4v) is 2.87. The first-order chi connectivity index (χ1) is 13.2. The number of benzene rings is 2. The molecule has 0 spiro atoms. The number of carbonyl (C=O) groups is 1. The second kappa shape index (κ2) is 8.79. The number of ketones is 1. The van der Waals surface area contributed by atoms with Crippen LogP contribution < -0.4 is 14.2 Å². The number of hydrogen-bond acceptors (Lipinski definition) is 4. The maximum absolute atomic E-state index is 12.6. The van der Waals surface area contributed by atoms with E-state index in [1.165, 1.54) is 6.08 Å². The Morgan fingerprint density at radius 1 is 1.00 bits per heavy atom. The van der Waals surface area contributed by atoms with Crippen LogP contribution in [0.4, 0.5) is 0 Å². The van der Waals surface area contributed by atoms with Gasteiger partial charge < -0.3 is 14.2 Å². The highest BCUT2D eigenvalue weighted by molar-refractivity contribution is 6.07. The Kier molecular flexibility index (Phi) is 6.68. The summed E-state index contributed by atoms with van der Waals surface area (Å²) in [5.74, 6) is 2.48. The molecule has 0 amide bonds. The number of rotatable bonds is 7. The van der Waals surface area contributed by atoms with Crippen molar-refractivity contribution in [3.8, 4) is 17.2 Å². The molecule has 4 heteroatoms. The number of hydrogen-bond donors (Lipinski definition) is 0. The SMILES string of the molecule is C=C(C)Oc1ccc(C(=O)/C=C/c2c(OC)ccc(C(C)(C)C)c2OC)cc1. The number of carbonyl (C=O) groups excluding carboxylic acids is 1. The predicted molar refractivity (Wildman–Crippen MR) is 113 cm³/mol. The lowest BCUT2D eigenvalue weighted by Crippen LogP contribution is -2.13. The van der Waals surface area contributed by atoms with Gasteiger partial charge in [0.2, 0.25) is 0 Å². The third-order valence-electron chi connectivity index (χ3n) is 4.22. The lowest BCUT2D eigenvalue weighted by atomic mass is 9.85. The van der Waals surface area contributed by atoms with Crippen molar-refractivity contribution >= 4 is 11.9 Å². The minimum atomic E-state index is -0.118. The van der Waals surface area contributed by atoms with E-state index in [0.29, 0.717) is 28.6 Å². The summed E-state index contributed by atoms with van der Waals surface area (Å²) in [6.07, 6.45) is 3.27. The van der Waals surface area contributed by atoms with Crippen LogP contribution in [0.1, 0.15) is 49.2 Å². The molecule has 0 heterocycles. The Balaban J connectivity index is 2.36. The van der Waals surface area contributed by atoms with Gasteiger partial charge in [0, 0.05) is 11.1 Å². The summed E-state index contributed by atoms with van der Waals surface area (Å²) >= 11 is 0. The van der Waals surface area contributed by atoms with Gasteiger partial charge in [-0.3, -0.25) is 4.79 Å². The number of methoxy groups -OCH3 is 2. The lowest BCUT2D eigenvalue weighted by Gasteiger charge is -2.24. The van der Waals surface area contributed by atoms with Crippen LogP contribution in [0.25, 0.3) is 6.08 Å². The van der Waals surface area contributed by atoms with Gasteiger partial charge in [-0.15, -0.1) is 0 Å². The molecule has 0 saturated carbocycles. The smallest absolute Gasteiger partial charge is 0.185 e. The second-order valence-corrected chi connectivity index (χ2v) is 7.54. The molecule has 0 aliphatic heterocycles. The molecule has 0 aliphatic rings. The summed E-state index contributed by atoms with van der Waals surface area (Å²) in [4.78, 5) is 12.6. The van der Waals surface area contributed by atoms with E-state index in [2.05, 4.69) is 27.4 Å². The maximum Gasteiger partial charge on any atom is 0.185 e. The number of allylic oxidation sites excluding steroid dienone is 2. The highest BCUT2D eigenvalue weighted by Crippen LogP contribution is 2.39. The van der Waals surface area contributed by atoms with E-state index in [1.54, 1.807) is 51.5 Å². The van der Waals surface area contributed by atoms with Crippen molar-refractivity contribution in [2.24, 2.45) is 0 Å². The molecule has 0 aliphatic carbocycles. The fraction of sp³-hybridized carbons (Fsp3) is 0.292. The van der Waals surface area contributed by atoms with Crippen LogP contribution in [0.5, 0.6) is 17.2 Å². The summed E-state index contributed by atoms with van der Waals surface area (Å²) < 4.78 is 16.6. The third-order valence-corrected chi connectivity index (χ3v) is 4.22. The zero-order chi connectivity index (χ0) is 20.9. The van der Waals surface area contributed by atoms with Crippen LogP contribution in [0, 0.1) is 0 Å². The van der Waals surface area contributed by atoms with E-state index in [9.17, 15) is 4.79 Å². The lowest BCUT2D eigenvalue weighted by molar-refractivity contribution is 0.104. The molecule has 0 unspecified atom stereocenters. The van der Waals surface area contributed by atoms with Crippen molar-refractivity contribution < 1.29 is 19.0 Å². The minimum Gasteiger partial charge on any atom is -0.496 e. The van der Waals surface area contributed by atoms with E-state index >= 15 is 0 Å². The average molecular weight is 380 g/mol. The molecule has 0 atom stereocenters. The predicted octanol–water partition coefficient (Wildman–Crippen LogP) is 5.81. The van der Waals surface area contributed by atoms with Gasteiger partial charge in [0.25, 0.3) is 0 Å². The van der Waals surface area contributed by atoms with Crippen LogP contribution in [0.2, 0.25) is 0 Å². The van der Waals surface area contributed by atoms with Gasteiger partial charge in [-0.25, -0.2) is 0 Å². The van der Waals surface area contributed by atoms with Crippen molar-refractivity contribution in [2.45, 2.75) is 33.1 Å². The molecule has 2 aromatic carbocycles. The van der Waals surface area contributed by atoms with Gasteiger partial charge >= 0.3 is 0 Å². The molecule has 4 nitrogen and oxygen atoms in total. The minimum absolute atomic E-state index is 0.108. The molecule has 0 aromatic heterocycles. The van der Waals surface area contributed by atoms with E-state index in [0.717, 1.165) is 11.1 Å². The van der Waals surface area contributed by atoms with E-state index < -0.39 is 0 Å². The Hall–Kier alpha value is -3.01. The van der Waals surface area contributed by atoms with Crippen LogP contribution in [-0.2, 0) is 5.41 Å². The highest BCUT2D eigenvalue weighted by Gasteiger charge is 2.22. The quantitative estimate of drug-likeness (QED) is 0.345. The standard InChI is InChI=1S/C24H28O4/c1-16(2)28-18-10-8-17(9-11-18)21(25)14-12-19-22(26-6)15-13-20(23(19)27-7)24(3,4)5/h8-15H,1H2,2-7H3/b14-12+. The topological polar surface area (TPSA) is 44.8 Å². The normalized spacial score (nSPS) is 11.4. The third kappa shape index (κ3) is 5.03. The van der Waals surface area contributed by atoms with Gasteiger partial charge in [-0.1, -0.05) is 33.4 Å². The molecule has 0 N–H and O–H groups in total. The average Bonchev–Trinajstić information content (AvgIpc) is 2.64. The summed E-state index contributed by atoms with van der Waals surface area (Å²) in [5, 5.41) is 0. The van der Waals surface area contributed by atoms with Gasteiger partial charge in [-0.05, 0) is 54.8 Å². The summed E-state index contributed by atoms with van der Waals surface area (Å²) in [7, 11) is 3.23. The van der Waals surface area contributed by atoms with Gasteiger partial charge in [-0.2, -0.15) is 0 Å². The Morgan fingerprint density at radius 3 is 2.14 bits per heavy atom. The van der Waals surface area contributed by atoms with E-state index in [4.69, 9.17) is 14.2 Å². The first-order valence-electron chi connectivity index (χ1n) is 9.08. The number of ether oxygens (including phenoxy) is 3. The Morgan fingerprint density at radius 2 is 1.64 bits per heavy atom. The molecule has 0 fully saturated rings. The van der Waals surface area contributed by atoms with E-state index in [1.807, 2.05) is 12.1 Å². The molecule has 28 heavy (non-hydrogen) atoms. The van der Waals surface area contributed by atoms with Crippen molar-refractivity contribution in [1.29, 1.82) is 0 Å². The van der Waals surface area contributed by atoms with Crippen LogP contribution in [-0.4, -0.2) is 20.0 Å². The Bertz CT molecular complexity index is 884. The van der Waals surface area contributed by atoms with Crippen LogP contribution in [0.15, 0.2) is 54.8 Å². The molecule has 0 bridgehead atoms. The molecule has 0 saturated heterocycles. The van der Waals surface area contributed by atoms with Gasteiger partial charge in [0.1, 0.15) is 17.2 Å². The molecule has 0 radical (unpaired) electrons. The molecular formula is C24H28O4. The monoisotopic (exact) mass is 380 g/mol. The van der Waals surface area contributed by atoms with Crippen LogP contribution >= 0.6 is 0 Å². The Labute approximate surface area is 167 Å². The summed E-state index contributed by atoms with van der Waals surface area (Å²) in [5.41, 5.74) is 2.25. The second-order valence-electron chi connectivity index (χ2n) is 7.54. The first kappa shape index (κ1) is 21.3. The van der Waals surface area contributed by atoms with Crippen molar-refractivity contribution in [3.63, 3.8) is 0 Å². The molecular weight excluding hydrogens is 352 g/mol. The summed E-state index contributed by atoms with van der Waals surface area (Å²) in [6.45, 7) is 11.8. The largest absolute Gasteiger partial charge is 0.496 e. The fourth-order valence-electron chi connectivity index (χ4n) is 2.87. The zero-order valence-corrected chi connectivity index (χ0v) is 17.5. The van der Waals surface area contributed by atoms with E-state index in [-0.39, 0.29) is 11.2 Å². The zero-order valence-electron chi connectivity index (χ0n) is 17.5. The first-order valence-corrected chi connectivity index (χ1v) is 9.08. The molecule has 2 rings (SSSR count). The maximum atomic E-state index is 12.6. The van der Waals surface area contributed by atoms with Crippen molar-refractivity contribution in [3.05, 3.63) is 71.5 Å². The molecule has 148 valence electrons. The van der Waals surface area contributed by atoms with Crippen molar-refractivity contribution in [1.82, 2.24) is 0 Å². The van der Waals surface area contributed by atoms with Gasteiger partial charge in [0.15, 0.2) is 5.78 Å². The summed E-state index contributed by atoms with van der Waals surface area (Å²) in [6, 6.07) is 10.8.